The summed E-state index contributed by atoms with van der Waals surface area (Å²) in [5, 5.41) is 9.36. The molecule has 0 aliphatic carbocycles. The number of carbonyl (C=O) groups is 3. The smallest absolute Gasteiger partial charge is 0.338 e. The second-order valence-corrected chi connectivity index (χ2v) is 11.1. The Labute approximate surface area is 280 Å². The molecule has 12 nitrogen and oxygen atoms in total. The van der Waals surface area contributed by atoms with E-state index in [0.717, 1.165) is 9.13 Å². The number of halogens is 1. The van der Waals surface area contributed by atoms with E-state index in [9.17, 15) is 14.4 Å². The molecule has 1 aliphatic rings. The third kappa shape index (κ3) is 9.12. The van der Waals surface area contributed by atoms with Gasteiger partial charge in [-0.1, -0.05) is 18.2 Å². The number of carbonyl (C=O) groups excluding carboxylic acids is 3. The van der Waals surface area contributed by atoms with E-state index in [1.54, 1.807) is 50.2 Å². The summed E-state index contributed by atoms with van der Waals surface area (Å²) in [5.74, 6) is 0.692. The number of amides is 3. The summed E-state index contributed by atoms with van der Waals surface area (Å²) in [4.78, 5) is 37.3. The van der Waals surface area contributed by atoms with Crippen molar-refractivity contribution >= 4 is 46.7 Å². The van der Waals surface area contributed by atoms with Gasteiger partial charge in [0.05, 0.1) is 38.2 Å². The normalized spacial score (nSPS) is 14.3. The van der Waals surface area contributed by atoms with Crippen LogP contribution in [0.3, 0.4) is 0 Å². The Balaban J connectivity index is 1.36. The van der Waals surface area contributed by atoms with Gasteiger partial charge in [-0.05, 0) is 103 Å². The fourth-order valence-corrected chi connectivity index (χ4v) is 4.85. The summed E-state index contributed by atoms with van der Waals surface area (Å²) >= 11 is 2.26. The van der Waals surface area contributed by atoms with Crippen molar-refractivity contribution in [3.63, 3.8) is 0 Å². The van der Waals surface area contributed by atoms with Crippen molar-refractivity contribution in [3.8, 4) is 23.0 Å². The van der Waals surface area contributed by atoms with Crippen LogP contribution < -0.4 is 35.0 Å². The molecular formula is C33H35IN4O8. The second kappa shape index (κ2) is 16.5. The van der Waals surface area contributed by atoms with Gasteiger partial charge in [-0.3, -0.25) is 4.79 Å². The topological polar surface area (TPSA) is 146 Å². The molecule has 0 fully saturated rings. The number of hydrogen-bond donors (Lipinski definition) is 3. The maximum Gasteiger partial charge on any atom is 0.338 e. The molecule has 0 unspecified atom stereocenters. The molecule has 46 heavy (non-hydrogen) atoms. The molecule has 1 aliphatic heterocycles. The van der Waals surface area contributed by atoms with E-state index >= 15 is 0 Å². The highest BCUT2D eigenvalue weighted by Crippen LogP contribution is 2.35. The first kappa shape index (κ1) is 34.1. The SMILES string of the molecule is CCOC(=O)C1=C(C)NC(=O)N[C@H]1c1ccc(OCC(=O)N/N=C\c2ccc(OCc3ccc(I)cc3)c(OCC)c2)c(OC)c1. The number of benzene rings is 3. The molecule has 3 N–H and O–H groups in total. The lowest BCUT2D eigenvalue weighted by Crippen LogP contribution is -2.45. The molecule has 0 saturated carbocycles. The van der Waals surface area contributed by atoms with Crippen LogP contribution in [0.25, 0.3) is 0 Å². The molecule has 3 amide bonds. The van der Waals surface area contributed by atoms with Crippen LogP contribution in [0.4, 0.5) is 4.79 Å². The van der Waals surface area contributed by atoms with Gasteiger partial charge in [0, 0.05) is 9.27 Å². The average Bonchev–Trinajstić information content (AvgIpc) is 3.04. The molecule has 242 valence electrons. The number of nitrogens with one attached hydrogen (secondary N) is 3. The molecular weight excluding hydrogens is 707 g/mol. The van der Waals surface area contributed by atoms with E-state index < -0.39 is 23.9 Å². The maximum atomic E-state index is 12.6. The van der Waals surface area contributed by atoms with Gasteiger partial charge in [0.1, 0.15) is 6.61 Å². The highest BCUT2D eigenvalue weighted by atomic mass is 127. The minimum Gasteiger partial charge on any atom is -0.493 e. The van der Waals surface area contributed by atoms with Crippen LogP contribution in [-0.2, 0) is 20.9 Å². The average molecular weight is 743 g/mol. The lowest BCUT2D eigenvalue weighted by atomic mass is 9.95. The van der Waals surface area contributed by atoms with Gasteiger partial charge in [0.15, 0.2) is 29.6 Å². The van der Waals surface area contributed by atoms with E-state index in [4.69, 9.17) is 23.7 Å². The van der Waals surface area contributed by atoms with Gasteiger partial charge in [-0.25, -0.2) is 15.0 Å². The second-order valence-electron chi connectivity index (χ2n) is 9.84. The molecule has 0 aromatic heterocycles. The lowest BCUT2D eigenvalue weighted by molar-refractivity contribution is -0.139. The monoisotopic (exact) mass is 742 g/mol. The van der Waals surface area contributed by atoms with E-state index in [0.29, 0.717) is 47.3 Å². The predicted octanol–water partition coefficient (Wildman–Crippen LogP) is 5.00. The maximum absolute atomic E-state index is 12.6. The quantitative estimate of drug-likeness (QED) is 0.0907. The fourth-order valence-electron chi connectivity index (χ4n) is 4.49. The molecule has 1 heterocycles. The minimum atomic E-state index is -0.773. The third-order valence-corrected chi connectivity index (χ3v) is 7.34. The molecule has 4 rings (SSSR count). The van der Waals surface area contributed by atoms with Crippen LogP contribution in [0.5, 0.6) is 23.0 Å². The molecule has 3 aromatic rings. The van der Waals surface area contributed by atoms with Crippen molar-refractivity contribution < 1.29 is 38.1 Å². The predicted molar refractivity (Wildman–Crippen MR) is 179 cm³/mol. The van der Waals surface area contributed by atoms with Crippen LogP contribution in [0.1, 0.15) is 43.5 Å². The summed E-state index contributed by atoms with van der Waals surface area (Å²) in [6.07, 6.45) is 1.49. The first-order valence-corrected chi connectivity index (χ1v) is 15.5. The van der Waals surface area contributed by atoms with Crippen LogP contribution in [0.2, 0.25) is 0 Å². The largest absolute Gasteiger partial charge is 0.493 e. The van der Waals surface area contributed by atoms with Crippen molar-refractivity contribution in [3.05, 3.63) is 92.2 Å². The van der Waals surface area contributed by atoms with Gasteiger partial charge < -0.3 is 34.3 Å². The lowest BCUT2D eigenvalue weighted by Gasteiger charge is -2.28. The van der Waals surface area contributed by atoms with Crippen LogP contribution in [0.15, 0.2) is 77.0 Å². The zero-order valence-electron chi connectivity index (χ0n) is 25.8. The Morgan fingerprint density at radius 3 is 2.39 bits per heavy atom. The highest BCUT2D eigenvalue weighted by Gasteiger charge is 2.32. The van der Waals surface area contributed by atoms with Crippen molar-refractivity contribution in [1.82, 2.24) is 16.1 Å². The number of rotatable bonds is 14. The Hall–Kier alpha value is -4.79. The highest BCUT2D eigenvalue weighted by molar-refractivity contribution is 14.1. The molecule has 3 aromatic carbocycles. The van der Waals surface area contributed by atoms with Crippen molar-refractivity contribution in [2.75, 3.05) is 26.9 Å². The van der Waals surface area contributed by atoms with Gasteiger partial charge in [-0.2, -0.15) is 5.10 Å². The summed E-state index contributed by atoms with van der Waals surface area (Å²) in [6.45, 7) is 5.90. The van der Waals surface area contributed by atoms with Gasteiger partial charge in [0.25, 0.3) is 5.91 Å². The Morgan fingerprint density at radius 1 is 0.935 bits per heavy atom. The molecule has 0 saturated heterocycles. The van der Waals surface area contributed by atoms with E-state index in [2.05, 4.69) is 43.8 Å². The molecule has 13 heteroatoms. The first-order valence-electron chi connectivity index (χ1n) is 14.4. The van der Waals surface area contributed by atoms with Crippen LogP contribution in [-0.4, -0.2) is 51.1 Å². The number of urea groups is 1. The van der Waals surface area contributed by atoms with Gasteiger partial charge in [-0.15, -0.1) is 0 Å². The first-order chi connectivity index (χ1) is 22.2. The number of esters is 1. The third-order valence-electron chi connectivity index (χ3n) is 6.62. The number of allylic oxidation sites excluding steroid dienone is 1. The van der Waals surface area contributed by atoms with Crippen LogP contribution in [0, 0.1) is 3.57 Å². The molecule has 1 atom stereocenters. The summed E-state index contributed by atoms with van der Waals surface area (Å²) in [5.41, 5.74) is 5.40. The molecule has 0 radical (unpaired) electrons. The number of hydrogen-bond acceptors (Lipinski definition) is 9. The summed E-state index contributed by atoms with van der Waals surface area (Å²) in [7, 11) is 1.44. The number of ether oxygens (including phenoxy) is 5. The zero-order chi connectivity index (χ0) is 33.1. The van der Waals surface area contributed by atoms with Crippen molar-refractivity contribution in [1.29, 1.82) is 0 Å². The Morgan fingerprint density at radius 2 is 1.67 bits per heavy atom. The zero-order valence-corrected chi connectivity index (χ0v) is 28.0. The van der Waals surface area contributed by atoms with Crippen LogP contribution >= 0.6 is 22.6 Å². The molecule has 0 bridgehead atoms. The number of methoxy groups -OCH3 is 1. The molecule has 0 spiro atoms. The number of nitrogens with zero attached hydrogens (tertiary/aromatic N) is 1. The Kier molecular flexibility index (Phi) is 12.2. The fraction of sp³-hybridized carbons (Fsp3) is 0.273. The van der Waals surface area contributed by atoms with Gasteiger partial charge in [0.2, 0.25) is 0 Å². The van der Waals surface area contributed by atoms with Crippen molar-refractivity contribution in [2.24, 2.45) is 5.10 Å². The standard InChI is InChI=1S/C33H35IN4O8/c1-5-43-28-15-22(9-13-26(28)45-18-21-7-11-24(34)12-8-21)17-35-38-29(39)19-46-25-14-10-23(16-27(25)42-4)31-30(32(40)44-6-2)20(3)36-33(41)37-31/h7-17,31H,5-6,18-19H2,1-4H3,(H,38,39)(H2,36,37,41)/b35-17-/t31-/m0/s1. The van der Waals surface area contributed by atoms with E-state index in [-0.39, 0.29) is 24.5 Å². The van der Waals surface area contributed by atoms with Gasteiger partial charge >= 0.3 is 12.0 Å². The van der Waals surface area contributed by atoms with E-state index in [1.165, 1.54) is 13.3 Å². The summed E-state index contributed by atoms with van der Waals surface area (Å²) in [6, 6.07) is 17.1. The Bertz CT molecular complexity index is 1620. The summed E-state index contributed by atoms with van der Waals surface area (Å²) < 4.78 is 29.2. The number of hydrazone groups is 1. The van der Waals surface area contributed by atoms with Crippen molar-refractivity contribution in [2.45, 2.75) is 33.4 Å². The minimum absolute atomic E-state index is 0.183. The van der Waals surface area contributed by atoms with E-state index in [1.807, 2.05) is 31.2 Å².